The molecule has 1 nitrogen and oxygen atoms in total. The molecule has 0 aliphatic heterocycles. The molecule has 1 aliphatic carbocycles. The molecule has 0 bridgehead atoms. The third-order valence-electron chi connectivity index (χ3n) is 3.12. The zero-order valence-corrected chi connectivity index (χ0v) is 8.63. The second-order valence-corrected chi connectivity index (χ2v) is 4.09. The summed E-state index contributed by atoms with van der Waals surface area (Å²) < 4.78 is 0. The van der Waals surface area contributed by atoms with E-state index in [1.807, 2.05) is 0 Å². The Bertz CT molecular complexity index is 304. The highest BCUT2D eigenvalue weighted by Crippen LogP contribution is 2.23. The van der Waals surface area contributed by atoms with E-state index in [2.05, 4.69) is 18.2 Å². The lowest BCUT2D eigenvalue weighted by Crippen LogP contribution is -2.00. The van der Waals surface area contributed by atoms with Gasteiger partial charge >= 0.3 is 0 Å². The Morgan fingerprint density at radius 3 is 2.79 bits per heavy atom. The van der Waals surface area contributed by atoms with E-state index >= 15 is 0 Å². The predicted molar refractivity (Wildman–Crippen MR) is 58.5 cm³/mol. The maximum absolute atomic E-state index is 8.99. The summed E-state index contributed by atoms with van der Waals surface area (Å²) in [4.78, 5) is 0. The second kappa shape index (κ2) is 4.61. The summed E-state index contributed by atoms with van der Waals surface area (Å²) in [6.45, 7) is 0.274. The smallest absolute Gasteiger partial charge is 0.0471 e. The van der Waals surface area contributed by atoms with Gasteiger partial charge in [0.05, 0.1) is 0 Å². The molecule has 0 spiro atoms. The van der Waals surface area contributed by atoms with E-state index in [1.165, 1.54) is 48.8 Å². The van der Waals surface area contributed by atoms with Crippen LogP contribution in [0.1, 0.15) is 36.0 Å². The molecule has 0 atom stereocenters. The van der Waals surface area contributed by atoms with Gasteiger partial charge in [-0.25, -0.2) is 0 Å². The minimum absolute atomic E-state index is 0.274. The van der Waals surface area contributed by atoms with Crippen molar-refractivity contribution in [2.24, 2.45) is 0 Å². The van der Waals surface area contributed by atoms with Gasteiger partial charge in [0.25, 0.3) is 0 Å². The summed E-state index contributed by atoms with van der Waals surface area (Å²) >= 11 is 0. The molecule has 76 valence electrons. The lowest BCUT2D eigenvalue weighted by atomic mass is 9.95. The molecule has 0 amide bonds. The normalized spacial score (nSPS) is 16.1. The van der Waals surface area contributed by atoms with Crippen LogP contribution in [0.3, 0.4) is 0 Å². The molecule has 1 heteroatoms. The molecule has 14 heavy (non-hydrogen) atoms. The number of aliphatic hydroxyl groups excluding tert-OH is 1. The molecule has 0 aromatic heterocycles. The fourth-order valence-corrected chi connectivity index (χ4v) is 2.39. The Morgan fingerprint density at radius 1 is 1.07 bits per heavy atom. The largest absolute Gasteiger partial charge is 0.396 e. The van der Waals surface area contributed by atoms with Crippen LogP contribution in [0.4, 0.5) is 0 Å². The lowest BCUT2D eigenvalue weighted by molar-refractivity contribution is 0.299. The molecule has 0 fully saturated rings. The zero-order valence-electron chi connectivity index (χ0n) is 8.63. The molecule has 0 saturated carbocycles. The Kier molecular flexibility index (Phi) is 3.20. The predicted octanol–water partition coefficient (Wildman–Crippen LogP) is 2.49. The molecule has 2 rings (SSSR count). The highest BCUT2D eigenvalue weighted by molar-refractivity contribution is 5.36. The van der Waals surface area contributed by atoms with Gasteiger partial charge in [0.15, 0.2) is 0 Å². The highest BCUT2D eigenvalue weighted by atomic mass is 16.2. The average molecular weight is 190 g/mol. The Hall–Kier alpha value is -0.820. The zero-order chi connectivity index (χ0) is 9.80. The molecule has 0 heterocycles. The Labute approximate surface area is 85.8 Å². The Morgan fingerprint density at radius 2 is 1.93 bits per heavy atom. The highest BCUT2D eigenvalue weighted by Gasteiger charge is 2.10. The SMILES string of the molecule is OCCc1cccc2c1CCCCC2. The van der Waals surface area contributed by atoms with Crippen LogP contribution < -0.4 is 0 Å². The molecule has 1 aromatic rings. The van der Waals surface area contributed by atoms with Crippen molar-refractivity contribution >= 4 is 0 Å². The van der Waals surface area contributed by atoms with Crippen molar-refractivity contribution in [3.63, 3.8) is 0 Å². The Balaban J connectivity index is 2.32. The molecule has 1 aliphatic rings. The summed E-state index contributed by atoms with van der Waals surface area (Å²) in [5.41, 5.74) is 4.42. The minimum Gasteiger partial charge on any atom is -0.396 e. The molecule has 0 saturated heterocycles. The first-order valence-electron chi connectivity index (χ1n) is 5.62. The molecule has 1 aromatic carbocycles. The summed E-state index contributed by atoms with van der Waals surface area (Å²) in [6.07, 6.45) is 7.27. The first kappa shape index (κ1) is 9.72. The van der Waals surface area contributed by atoms with E-state index in [0.717, 1.165) is 6.42 Å². The summed E-state index contributed by atoms with van der Waals surface area (Å²) in [7, 11) is 0. The van der Waals surface area contributed by atoms with E-state index < -0.39 is 0 Å². The summed E-state index contributed by atoms with van der Waals surface area (Å²) in [5, 5.41) is 8.99. The van der Waals surface area contributed by atoms with Crippen LogP contribution in [0.5, 0.6) is 0 Å². The van der Waals surface area contributed by atoms with Crippen molar-refractivity contribution in [1.29, 1.82) is 0 Å². The number of benzene rings is 1. The van der Waals surface area contributed by atoms with Crippen molar-refractivity contribution in [1.82, 2.24) is 0 Å². The van der Waals surface area contributed by atoms with Gasteiger partial charge in [-0.05, 0) is 48.8 Å². The quantitative estimate of drug-likeness (QED) is 0.710. The van der Waals surface area contributed by atoms with Crippen LogP contribution in [-0.4, -0.2) is 11.7 Å². The fourth-order valence-electron chi connectivity index (χ4n) is 2.39. The fraction of sp³-hybridized carbons (Fsp3) is 0.538. The second-order valence-electron chi connectivity index (χ2n) is 4.09. The van der Waals surface area contributed by atoms with Gasteiger partial charge in [0, 0.05) is 6.61 Å². The third kappa shape index (κ3) is 1.98. The van der Waals surface area contributed by atoms with E-state index in [9.17, 15) is 0 Å². The van der Waals surface area contributed by atoms with Crippen molar-refractivity contribution in [3.05, 3.63) is 34.9 Å². The van der Waals surface area contributed by atoms with Gasteiger partial charge in [-0.15, -0.1) is 0 Å². The maximum atomic E-state index is 8.99. The topological polar surface area (TPSA) is 20.2 Å². The standard InChI is InChI=1S/C13H18O/c14-10-9-12-7-4-6-11-5-2-1-3-8-13(11)12/h4,6-7,14H,1-3,5,8-10H2. The first-order chi connectivity index (χ1) is 6.92. The van der Waals surface area contributed by atoms with Crippen molar-refractivity contribution < 1.29 is 5.11 Å². The van der Waals surface area contributed by atoms with E-state index in [1.54, 1.807) is 0 Å². The van der Waals surface area contributed by atoms with Crippen LogP contribution in [-0.2, 0) is 19.3 Å². The summed E-state index contributed by atoms with van der Waals surface area (Å²) in [6, 6.07) is 6.55. The molecular weight excluding hydrogens is 172 g/mol. The van der Waals surface area contributed by atoms with Gasteiger partial charge in [0.2, 0.25) is 0 Å². The van der Waals surface area contributed by atoms with E-state index in [4.69, 9.17) is 5.11 Å². The number of rotatable bonds is 2. The minimum atomic E-state index is 0.274. The lowest BCUT2D eigenvalue weighted by Gasteiger charge is -2.11. The monoisotopic (exact) mass is 190 g/mol. The van der Waals surface area contributed by atoms with Crippen LogP contribution in [0.25, 0.3) is 0 Å². The first-order valence-corrected chi connectivity index (χ1v) is 5.62. The number of aliphatic hydroxyl groups is 1. The van der Waals surface area contributed by atoms with Gasteiger partial charge in [-0.2, -0.15) is 0 Å². The molecular formula is C13H18O. The maximum Gasteiger partial charge on any atom is 0.0471 e. The molecule has 1 N–H and O–H groups in total. The molecule has 0 unspecified atom stereocenters. The van der Waals surface area contributed by atoms with Gasteiger partial charge in [-0.3, -0.25) is 0 Å². The van der Waals surface area contributed by atoms with Crippen LogP contribution in [0.2, 0.25) is 0 Å². The van der Waals surface area contributed by atoms with Crippen molar-refractivity contribution in [2.45, 2.75) is 38.5 Å². The van der Waals surface area contributed by atoms with Crippen molar-refractivity contribution in [2.75, 3.05) is 6.61 Å². The number of fused-ring (bicyclic) bond motifs is 1. The van der Waals surface area contributed by atoms with Crippen LogP contribution in [0, 0.1) is 0 Å². The molecule has 0 radical (unpaired) electrons. The average Bonchev–Trinajstić information content (AvgIpc) is 2.44. The van der Waals surface area contributed by atoms with Gasteiger partial charge in [0.1, 0.15) is 0 Å². The van der Waals surface area contributed by atoms with Gasteiger partial charge in [-0.1, -0.05) is 24.6 Å². The van der Waals surface area contributed by atoms with Gasteiger partial charge < -0.3 is 5.11 Å². The number of aryl methyl sites for hydroxylation is 1. The van der Waals surface area contributed by atoms with E-state index in [0.29, 0.717) is 0 Å². The number of hydrogen-bond acceptors (Lipinski definition) is 1. The summed E-state index contributed by atoms with van der Waals surface area (Å²) in [5.74, 6) is 0. The van der Waals surface area contributed by atoms with Crippen LogP contribution in [0.15, 0.2) is 18.2 Å². The van der Waals surface area contributed by atoms with Crippen LogP contribution >= 0.6 is 0 Å². The third-order valence-corrected chi connectivity index (χ3v) is 3.12. The van der Waals surface area contributed by atoms with E-state index in [-0.39, 0.29) is 6.61 Å². The van der Waals surface area contributed by atoms with Crippen molar-refractivity contribution in [3.8, 4) is 0 Å². The number of hydrogen-bond donors (Lipinski definition) is 1.